The minimum absolute atomic E-state index is 0.209. The van der Waals surface area contributed by atoms with Crippen LogP contribution in [0.2, 0.25) is 0 Å². The van der Waals surface area contributed by atoms with Gasteiger partial charge in [0.1, 0.15) is 5.75 Å². The van der Waals surface area contributed by atoms with Crippen molar-refractivity contribution in [3.63, 3.8) is 0 Å². The fraction of sp³-hybridized carbons (Fsp3) is 0.286. The van der Waals surface area contributed by atoms with E-state index in [0.717, 1.165) is 42.4 Å². The van der Waals surface area contributed by atoms with Crippen LogP contribution in [0, 0.1) is 6.92 Å². The van der Waals surface area contributed by atoms with Crippen LogP contribution in [0.15, 0.2) is 60.7 Å². The number of unbranched alkanes of at least 4 members (excludes halogenated alkanes) is 1. The van der Waals surface area contributed by atoms with Crippen molar-refractivity contribution in [3.05, 3.63) is 77.4 Å². The predicted molar refractivity (Wildman–Crippen MR) is 137 cm³/mol. The topological polar surface area (TPSA) is 87.7 Å². The third-order valence-electron chi connectivity index (χ3n) is 5.44. The second-order valence-electron chi connectivity index (χ2n) is 8.26. The lowest BCUT2D eigenvalue weighted by atomic mass is 9.95. The van der Waals surface area contributed by atoms with E-state index in [2.05, 4.69) is 17.6 Å². The third kappa shape index (κ3) is 6.38. The highest BCUT2D eigenvalue weighted by Crippen LogP contribution is 2.37. The summed E-state index contributed by atoms with van der Waals surface area (Å²) in [6.45, 7) is 6.64. The smallest absolute Gasteiger partial charge is 0.336 e. The lowest BCUT2D eigenvalue weighted by Gasteiger charge is -2.19. The Balaban J connectivity index is 2.05. The van der Waals surface area contributed by atoms with Crippen LogP contribution in [0.25, 0.3) is 11.1 Å². The molecule has 0 aliphatic carbocycles. The summed E-state index contributed by atoms with van der Waals surface area (Å²) in [5, 5.41) is 15.5. The molecule has 0 spiro atoms. The molecule has 6 heteroatoms. The van der Waals surface area contributed by atoms with Gasteiger partial charge in [0.2, 0.25) is 0 Å². The molecular weight excluding hydrogens is 428 g/mol. The van der Waals surface area contributed by atoms with Gasteiger partial charge in [0, 0.05) is 5.69 Å². The molecule has 3 rings (SSSR count). The number of aromatic carboxylic acids is 1. The molecule has 0 saturated carbocycles. The Hall–Kier alpha value is -3.80. The molecule has 0 fully saturated rings. The average molecular weight is 461 g/mol. The van der Waals surface area contributed by atoms with Crippen LogP contribution in [0.1, 0.15) is 54.6 Å². The van der Waals surface area contributed by atoms with E-state index >= 15 is 0 Å². The van der Waals surface area contributed by atoms with E-state index in [-0.39, 0.29) is 5.56 Å². The highest BCUT2D eigenvalue weighted by molar-refractivity contribution is 6.02. The van der Waals surface area contributed by atoms with E-state index in [4.69, 9.17) is 4.74 Å². The Labute approximate surface area is 201 Å². The summed E-state index contributed by atoms with van der Waals surface area (Å²) in [5.74, 6) is -0.366. The monoisotopic (exact) mass is 460 g/mol. The molecule has 178 valence electrons. The van der Waals surface area contributed by atoms with Gasteiger partial charge in [-0.25, -0.2) is 9.59 Å². The molecule has 0 aromatic heterocycles. The molecule has 0 atom stereocenters. The van der Waals surface area contributed by atoms with Gasteiger partial charge in [0.25, 0.3) is 0 Å². The number of carboxylic acids is 1. The molecule has 3 aromatic rings. The van der Waals surface area contributed by atoms with Crippen molar-refractivity contribution in [2.24, 2.45) is 0 Å². The van der Waals surface area contributed by atoms with Crippen LogP contribution in [0.4, 0.5) is 16.2 Å². The van der Waals surface area contributed by atoms with Crippen LogP contribution in [0.3, 0.4) is 0 Å². The number of carboxylic acid groups (broad SMARTS) is 1. The minimum atomic E-state index is -0.997. The number of urea groups is 1. The molecule has 0 aliphatic heterocycles. The first-order chi connectivity index (χ1) is 16.4. The highest BCUT2D eigenvalue weighted by atomic mass is 16.5. The van der Waals surface area contributed by atoms with E-state index < -0.39 is 12.0 Å². The number of carbonyl (C=O) groups is 2. The number of nitrogens with one attached hydrogen (secondary N) is 2. The van der Waals surface area contributed by atoms with E-state index in [9.17, 15) is 14.7 Å². The number of benzene rings is 3. The summed E-state index contributed by atoms with van der Waals surface area (Å²) in [7, 11) is 0. The Kier molecular flexibility index (Phi) is 8.68. The highest BCUT2D eigenvalue weighted by Gasteiger charge is 2.18. The number of rotatable bonds is 10. The second kappa shape index (κ2) is 11.9. The number of hydrogen-bond donors (Lipinski definition) is 3. The number of amides is 2. The second-order valence-corrected chi connectivity index (χ2v) is 8.26. The van der Waals surface area contributed by atoms with Gasteiger partial charge >= 0.3 is 12.0 Å². The van der Waals surface area contributed by atoms with Gasteiger partial charge in [0.05, 0.1) is 17.9 Å². The molecule has 34 heavy (non-hydrogen) atoms. The maximum Gasteiger partial charge on any atom is 0.336 e. The lowest BCUT2D eigenvalue weighted by Crippen LogP contribution is -2.20. The summed E-state index contributed by atoms with van der Waals surface area (Å²) in [5.41, 5.74) is 4.77. The Morgan fingerprint density at radius 2 is 1.68 bits per heavy atom. The van der Waals surface area contributed by atoms with E-state index in [1.807, 2.05) is 50.2 Å². The van der Waals surface area contributed by atoms with Crippen molar-refractivity contribution in [2.75, 3.05) is 17.2 Å². The zero-order valence-corrected chi connectivity index (χ0v) is 20.0. The maximum atomic E-state index is 12.9. The molecule has 3 aromatic carbocycles. The van der Waals surface area contributed by atoms with Gasteiger partial charge in [-0.15, -0.1) is 0 Å². The molecule has 0 saturated heterocycles. The number of ether oxygens (including phenoxy) is 1. The summed E-state index contributed by atoms with van der Waals surface area (Å²) in [6, 6.07) is 17.8. The van der Waals surface area contributed by atoms with Crippen molar-refractivity contribution in [1.29, 1.82) is 0 Å². The Morgan fingerprint density at radius 1 is 0.941 bits per heavy atom. The fourth-order valence-corrected chi connectivity index (χ4v) is 3.71. The number of aryl methyl sites for hydroxylation is 2. The Morgan fingerprint density at radius 3 is 2.35 bits per heavy atom. The molecule has 0 bridgehead atoms. The average Bonchev–Trinajstić information content (AvgIpc) is 2.83. The van der Waals surface area contributed by atoms with Gasteiger partial charge < -0.3 is 20.5 Å². The van der Waals surface area contributed by atoms with Gasteiger partial charge in [-0.1, -0.05) is 56.2 Å². The van der Waals surface area contributed by atoms with E-state index in [1.165, 1.54) is 0 Å². The lowest BCUT2D eigenvalue weighted by molar-refractivity contribution is 0.0697. The van der Waals surface area contributed by atoms with Crippen LogP contribution in [-0.4, -0.2) is 23.7 Å². The SMILES string of the molecule is CCCCc1cc(-c2ccccc2C(=O)O)cc(NC(=O)Nc2ccc(C)cc2)c1OCCC. The van der Waals surface area contributed by atoms with E-state index in [1.54, 1.807) is 24.3 Å². The van der Waals surface area contributed by atoms with Crippen molar-refractivity contribution in [1.82, 2.24) is 0 Å². The molecule has 0 unspecified atom stereocenters. The van der Waals surface area contributed by atoms with Crippen LogP contribution in [-0.2, 0) is 6.42 Å². The standard InChI is InChI=1S/C28H32N2O4/c1-4-6-9-20-17-21(23-10-7-8-11-24(23)27(31)32)18-25(26(20)34-16-5-2)30-28(33)29-22-14-12-19(3)13-15-22/h7-8,10-15,17-18H,4-6,9,16H2,1-3H3,(H,31,32)(H2,29,30,33). The molecule has 0 radical (unpaired) electrons. The third-order valence-corrected chi connectivity index (χ3v) is 5.44. The van der Waals surface area contributed by atoms with Gasteiger partial charge in [-0.3, -0.25) is 0 Å². The number of anilines is 2. The van der Waals surface area contributed by atoms with Gasteiger partial charge in [-0.05, 0) is 73.2 Å². The van der Waals surface area contributed by atoms with Crippen LogP contribution in [0.5, 0.6) is 5.75 Å². The number of hydrogen-bond acceptors (Lipinski definition) is 3. The van der Waals surface area contributed by atoms with Crippen LogP contribution >= 0.6 is 0 Å². The number of carbonyl (C=O) groups excluding carboxylic acids is 1. The van der Waals surface area contributed by atoms with Crippen molar-refractivity contribution in [2.45, 2.75) is 46.5 Å². The zero-order valence-electron chi connectivity index (χ0n) is 20.0. The zero-order chi connectivity index (χ0) is 24.5. The summed E-state index contributed by atoms with van der Waals surface area (Å²) >= 11 is 0. The molecular formula is C28H32N2O4. The largest absolute Gasteiger partial charge is 0.491 e. The van der Waals surface area contributed by atoms with Crippen LogP contribution < -0.4 is 15.4 Å². The normalized spacial score (nSPS) is 10.6. The van der Waals surface area contributed by atoms with Gasteiger partial charge in [0.15, 0.2) is 0 Å². The molecule has 3 N–H and O–H groups in total. The predicted octanol–water partition coefficient (Wildman–Crippen LogP) is 7.14. The van der Waals surface area contributed by atoms with Crippen molar-refractivity contribution >= 4 is 23.4 Å². The molecule has 2 amide bonds. The molecule has 6 nitrogen and oxygen atoms in total. The first-order valence-electron chi connectivity index (χ1n) is 11.7. The van der Waals surface area contributed by atoms with Crippen molar-refractivity contribution in [3.8, 4) is 16.9 Å². The van der Waals surface area contributed by atoms with Crippen molar-refractivity contribution < 1.29 is 19.4 Å². The summed E-state index contributed by atoms with van der Waals surface area (Å²) in [4.78, 5) is 24.7. The minimum Gasteiger partial charge on any atom is -0.491 e. The summed E-state index contributed by atoms with van der Waals surface area (Å²) < 4.78 is 6.09. The Bertz CT molecular complexity index is 1140. The fourth-order valence-electron chi connectivity index (χ4n) is 3.71. The van der Waals surface area contributed by atoms with E-state index in [0.29, 0.717) is 29.3 Å². The molecule has 0 heterocycles. The first-order valence-corrected chi connectivity index (χ1v) is 11.7. The maximum absolute atomic E-state index is 12.9. The first kappa shape index (κ1) is 24.8. The van der Waals surface area contributed by atoms with Gasteiger partial charge in [-0.2, -0.15) is 0 Å². The quantitative estimate of drug-likeness (QED) is 0.300. The summed E-state index contributed by atoms with van der Waals surface area (Å²) in [6.07, 6.45) is 3.53. The molecule has 0 aliphatic rings.